The maximum atomic E-state index is 11.5. The molecule has 2 aliphatic rings. The Hall–Kier alpha value is -3.38. The fourth-order valence-corrected chi connectivity index (χ4v) is 4.32. The Labute approximate surface area is 201 Å². The third kappa shape index (κ3) is 5.03. The highest BCUT2D eigenvalue weighted by atomic mass is 16.5. The number of aromatic nitrogens is 3. The van der Waals surface area contributed by atoms with Gasteiger partial charge < -0.3 is 35.1 Å². The molecule has 5 heterocycles. The van der Waals surface area contributed by atoms with Crippen LogP contribution < -0.4 is 20.1 Å². The molecular formula is C24H27N5O6. The van der Waals surface area contributed by atoms with Gasteiger partial charge in [0.15, 0.2) is 18.2 Å². The molecule has 3 aromatic rings. The number of hydrogen-bond donors (Lipinski definition) is 4. The van der Waals surface area contributed by atoms with E-state index in [1.165, 1.54) is 7.11 Å². The SMILES string of the molecule is COc1ccc2nccc([C@H](O)[C@H](O)[C@H]3CC[C@H](NCc4ccc5c(n4)NC(=O)CO5)CO3)c2n1. The summed E-state index contributed by atoms with van der Waals surface area (Å²) in [5.41, 5.74) is 2.32. The summed E-state index contributed by atoms with van der Waals surface area (Å²) in [4.78, 5) is 24.6. The lowest BCUT2D eigenvalue weighted by Gasteiger charge is -2.34. The Morgan fingerprint density at radius 3 is 2.89 bits per heavy atom. The molecule has 1 amide bonds. The lowest BCUT2D eigenvalue weighted by Crippen LogP contribution is -2.45. The minimum absolute atomic E-state index is 0.00447. The molecule has 1 fully saturated rings. The number of anilines is 1. The number of fused-ring (bicyclic) bond motifs is 2. The molecule has 5 rings (SSSR count). The van der Waals surface area contributed by atoms with E-state index in [2.05, 4.69) is 25.6 Å². The smallest absolute Gasteiger partial charge is 0.263 e. The minimum Gasteiger partial charge on any atom is -0.481 e. The zero-order chi connectivity index (χ0) is 24.4. The van der Waals surface area contributed by atoms with Gasteiger partial charge in [0, 0.05) is 30.4 Å². The summed E-state index contributed by atoms with van der Waals surface area (Å²) in [7, 11) is 1.52. The Kier molecular flexibility index (Phi) is 6.73. The summed E-state index contributed by atoms with van der Waals surface area (Å²) in [5, 5.41) is 27.9. The predicted octanol–water partition coefficient (Wildman–Crippen LogP) is 1.10. The van der Waals surface area contributed by atoms with Crippen LogP contribution in [0.5, 0.6) is 11.6 Å². The monoisotopic (exact) mass is 481 g/mol. The van der Waals surface area contributed by atoms with Crippen molar-refractivity contribution in [3.8, 4) is 11.6 Å². The number of carbonyl (C=O) groups is 1. The van der Waals surface area contributed by atoms with Gasteiger partial charge in [0.05, 0.1) is 36.5 Å². The summed E-state index contributed by atoms with van der Waals surface area (Å²) in [6.45, 7) is 0.863. The summed E-state index contributed by atoms with van der Waals surface area (Å²) >= 11 is 0. The Bertz CT molecular complexity index is 1220. The van der Waals surface area contributed by atoms with Gasteiger partial charge in [-0.05, 0) is 37.1 Å². The standard InChI is InChI=1S/C24H27N5O6/c1-33-20-7-4-16-21(29-20)15(8-9-25-16)22(31)23(32)17-5-3-14(11-34-17)26-10-13-2-6-18-24(27-13)28-19(30)12-35-18/h2,4,6-9,14,17,22-23,26,31-32H,3,5,10-12H2,1H3,(H,27,28,30)/t14-,17+,22-,23+/m0/s1. The molecule has 0 saturated carbocycles. The number of pyridine rings is 3. The van der Waals surface area contributed by atoms with Crippen molar-refractivity contribution in [2.75, 3.05) is 25.6 Å². The Morgan fingerprint density at radius 1 is 1.20 bits per heavy atom. The summed E-state index contributed by atoms with van der Waals surface area (Å²) in [6.07, 6.45) is 0.0632. The first kappa shape index (κ1) is 23.4. The fourth-order valence-electron chi connectivity index (χ4n) is 4.32. The second kappa shape index (κ2) is 10.1. The average Bonchev–Trinajstić information content (AvgIpc) is 2.90. The summed E-state index contributed by atoms with van der Waals surface area (Å²) < 4.78 is 16.4. The van der Waals surface area contributed by atoms with Gasteiger partial charge in [-0.25, -0.2) is 9.97 Å². The van der Waals surface area contributed by atoms with Gasteiger partial charge in [-0.2, -0.15) is 0 Å². The Balaban J connectivity index is 1.17. The van der Waals surface area contributed by atoms with E-state index < -0.39 is 18.3 Å². The van der Waals surface area contributed by atoms with Crippen molar-refractivity contribution in [2.24, 2.45) is 0 Å². The Morgan fingerprint density at radius 2 is 2.09 bits per heavy atom. The molecule has 2 aliphatic heterocycles. The number of carbonyl (C=O) groups excluding carboxylic acids is 1. The van der Waals surface area contributed by atoms with Crippen LogP contribution in [0.25, 0.3) is 11.0 Å². The van der Waals surface area contributed by atoms with Gasteiger partial charge in [-0.1, -0.05) is 0 Å². The van der Waals surface area contributed by atoms with Crippen LogP contribution in [0.15, 0.2) is 36.5 Å². The number of hydrogen-bond acceptors (Lipinski definition) is 10. The number of rotatable bonds is 7. The molecule has 0 aliphatic carbocycles. The van der Waals surface area contributed by atoms with Crippen molar-refractivity contribution in [1.29, 1.82) is 0 Å². The molecule has 0 bridgehead atoms. The van der Waals surface area contributed by atoms with E-state index in [1.54, 1.807) is 30.5 Å². The number of ether oxygens (including phenoxy) is 3. The molecule has 0 spiro atoms. The fraction of sp³-hybridized carbons (Fsp3) is 0.417. The van der Waals surface area contributed by atoms with E-state index in [4.69, 9.17) is 14.2 Å². The van der Waals surface area contributed by atoms with Crippen molar-refractivity contribution in [3.05, 3.63) is 47.8 Å². The molecule has 0 radical (unpaired) electrons. The molecule has 35 heavy (non-hydrogen) atoms. The van der Waals surface area contributed by atoms with Crippen molar-refractivity contribution < 1.29 is 29.2 Å². The zero-order valence-corrected chi connectivity index (χ0v) is 19.2. The second-order valence-corrected chi connectivity index (χ2v) is 8.57. The number of nitrogens with one attached hydrogen (secondary N) is 2. The third-order valence-corrected chi connectivity index (χ3v) is 6.24. The van der Waals surface area contributed by atoms with E-state index in [0.717, 1.165) is 12.1 Å². The number of nitrogens with zero attached hydrogens (tertiary/aromatic N) is 3. The van der Waals surface area contributed by atoms with Crippen molar-refractivity contribution in [1.82, 2.24) is 20.3 Å². The maximum Gasteiger partial charge on any atom is 0.263 e. The zero-order valence-electron chi connectivity index (χ0n) is 19.2. The van der Waals surface area contributed by atoms with Crippen molar-refractivity contribution in [3.63, 3.8) is 0 Å². The first-order valence-electron chi connectivity index (χ1n) is 11.4. The lowest BCUT2D eigenvalue weighted by molar-refractivity contribution is -0.118. The van der Waals surface area contributed by atoms with E-state index in [-0.39, 0.29) is 18.6 Å². The molecule has 3 aromatic heterocycles. The van der Waals surface area contributed by atoms with Crippen LogP contribution in [0.1, 0.15) is 30.2 Å². The quantitative estimate of drug-likeness (QED) is 0.387. The van der Waals surface area contributed by atoms with Crippen LogP contribution in [-0.4, -0.2) is 69.6 Å². The molecule has 1 saturated heterocycles. The number of methoxy groups -OCH3 is 1. The van der Waals surface area contributed by atoms with Gasteiger partial charge in [-0.15, -0.1) is 0 Å². The highest BCUT2D eigenvalue weighted by molar-refractivity contribution is 5.94. The van der Waals surface area contributed by atoms with E-state index in [9.17, 15) is 15.0 Å². The van der Waals surface area contributed by atoms with Crippen molar-refractivity contribution in [2.45, 2.75) is 43.7 Å². The highest BCUT2D eigenvalue weighted by Gasteiger charge is 2.33. The van der Waals surface area contributed by atoms with Gasteiger partial charge in [0.25, 0.3) is 5.91 Å². The first-order chi connectivity index (χ1) is 17.0. The van der Waals surface area contributed by atoms with Crippen LogP contribution in [-0.2, 0) is 16.1 Å². The second-order valence-electron chi connectivity index (χ2n) is 8.57. The van der Waals surface area contributed by atoms with Gasteiger partial charge in [0.1, 0.15) is 12.2 Å². The molecular weight excluding hydrogens is 454 g/mol. The van der Waals surface area contributed by atoms with Crippen LogP contribution in [0, 0.1) is 0 Å². The summed E-state index contributed by atoms with van der Waals surface area (Å²) in [5.74, 6) is 1.16. The lowest BCUT2D eigenvalue weighted by atomic mass is 9.94. The molecule has 11 nitrogen and oxygen atoms in total. The van der Waals surface area contributed by atoms with E-state index >= 15 is 0 Å². The largest absolute Gasteiger partial charge is 0.481 e. The average molecular weight is 482 g/mol. The van der Waals surface area contributed by atoms with Crippen molar-refractivity contribution >= 4 is 22.8 Å². The van der Waals surface area contributed by atoms with E-state index in [0.29, 0.717) is 53.6 Å². The van der Waals surface area contributed by atoms with Crippen LogP contribution >= 0.6 is 0 Å². The third-order valence-electron chi connectivity index (χ3n) is 6.24. The molecule has 0 unspecified atom stereocenters. The van der Waals surface area contributed by atoms with Crippen LogP contribution in [0.2, 0.25) is 0 Å². The van der Waals surface area contributed by atoms with Crippen LogP contribution in [0.4, 0.5) is 5.82 Å². The number of aliphatic hydroxyl groups excluding tert-OH is 2. The molecule has 184 valence electrons. The minimum atomic E-state index is -1.19. The molecule has 0 aromatic carbocycles. The normalized spacial score (nSPS) is 21.5. The topological polar surface area (TPSA) is 148 Å². The number of amides is 1. The summed E-state index contributed by atoms with van der Waals surface area (Å²) in [6, 6.07) is 8.80. The highest BCUT2D eigenvalue weighted by Crippen LogP contribution is 2.30. The first-order valence-corrected chi connectivity index (χ1v) is 11.4. The van der Waals surface area contributed by atoms with E-state index in [1.807, 2.05) is 6.07 Å². The molecule has 4 atom stereocenters. The number of aliphatic hydroxyl groups is 2. The van der Waals surface area contributed by atoms with Gasteiger partial charge >= 0.3 is 0 Å². The predicted molar refractivity (Wildman–Crippen MR) is 125 cm³/mol. The van der Waals surface area contributed by atoms with Gasteiger partial charge in [-0.3, -0.25) is 9.78 Å². The van der Waals surface area contributed by atoms with Crippen LogP contribution in [0.3, 0.4) is 0 Å². The molecule has 4 N–H and O–H groups in total. The molecule has 11 heteroatoms. The van der Waals surface area contributed by atoms with Gasteiger partial charge in [0.2, 0.25) is 5.88 Å². The maximum absolute atomic E-state index is 11.5.